The molecule has 3 N–H and O–H groups in total. The number of hydrogen-bond acceptors (Lipinski definition) is 4. The van der Waals surface area contributed by atoms with Crippen LogP contribution in [0, 0.1) is 0 Å². The fourth-order valence-corrected chi connectivity index (χ4v) is 2.87. The van der Waals surface area contributed by atoms with E-state index in [1.165, 1.54) is 18.2 Å². The Morgan fingerprint density at radius 3 is 2.64 bits per heavy atom. The summed E-state index contributed by atoms with van der Waals surface area (Å²) in [7, 11) is 0. The van der Waals surface area contributed by atoms with Crippen molar-refractivity contribution >= 4 is 52.1 Å². The van der Waals surface area contributed by atoms with Crippen molar-refractivity contribution in [1.29, 1.82) is 0 Å². The Morgan fingerprint density at radius 2 is 1.93 bits per heavy atom. The monoisotopic (exact) mass is 433 g/mol. The van der Waals surface area contributed by atoms with Gasteiger partial charge in [-0.25, -0.2) is 0 Å². The van der Waals surface area contributed by atoms with Crippen LogP contribution in [0.2, 0.25) is 10.0 Å². The Balaban J connectivity index is 1.70. The Bertz CT molecular complexity index is 951. The third kappa shape index (κ3) is 4.60. The number of hydrogen-bond donors (Lipinski definition) is 3. The zero-order valence-corrected chi connectivity index (χ0v) is 15.4. The topological polar surface area (TPSA) is 79.5 Å². The summed E-state index contributed by atoms with van der Waals surface area (Å²) in [6.07, 6.45) is -4.68. The summed E-state index contributed by atoms with van der Waals surface area (Å²) in [6.45, 7) is -0.518. The van der Waals surface area contributed by atoms with Gasteiger partial charge in [0.1, 0.15) is 5.75 Å². The highest BCUT2D eigenvalue weighted by atomic mass is 35.5. The average molecular weight is 434 g/mol. The van der Waals surface area contributed by atoms with Gasteiger partial charge in [0, 0.05) is 11.1 Å². The molecule has 2 aromatic carbocycles. The van der Waals surface area contributed by atoms with Gasteiger partial charge in [-0.05, 0) is 24.3 Å². The number of carbonyl (C=O) groups is 2. The number of rotatable bonds is 4. The first-order chi connectivity index (χ1) is 13.1. The number of ether oxygens (including phenoxy) is 1. The predicted molar refractivity (Wildman–Crippen MR) is 99.2 cm³/mol. The molecule has 0 spiro atoms. The largest absolute Gasteiger partial charge is 0.482 e. The van der Waals surface area contributed by atoms with Gasteiger partial charge < -0.3 is 20.7 Å². The molecular formula is C17H12Cl2F3N3O3. The summed E-state index contributed by atoms with van der Waals surface area (Å²) in [5.41, 5.74) is -0.762. The molecule has 148 valence electrons. The highest BCUT2D eigenvalue weighted by molar-refractivity contribution is 6.33. The molecule has 0 aliphatic carbocycles. The highest BCUT2D eigenvalue weighted by Gasteiger charge is 2.34. The summed E-state index contributed by atoms with van der Waals surface area (Å²) in [5.74, 6) is -0.702. The van der Waals surface area contributed by atoms with Gasteiger partial charge in [-0.1, -0.05) is 23.2 Å². The fraction of sp³-hybridized carbons (Fsp3) is 0.176. The van der Waals surface area contributed by atoms with E-state index in [0.717, 1.165) is 12.1 Å². The van der Waals surface area contributed by atoms with Crippen LogP contribution in [0.1, 0.15) is 5.56 Å². The van der Waals surface area contributed by atoms with E-state index in [4.69, 9.17) is 27.9 Å². The summed E-state index contributed by atoms with van der Waals surface area (Å²) >= 11 is 11.7. The second-order valence-corrected chi connectivity index (χ2v) is 6.60. The summed E-state index contributed by atoms with van der Waals surface area (Å²) < 4.78 is 44.5. The number of fused-ring (bicyclic) bond motifs is 1. The average Bonchev–Trinajstić information content (AvgIpc) is 2.60. The molecule has 0 saturated carbocycles. The van der Waals surface area contributed by atoms with Crippen molar-refractivity contribution in [2.24, 2.45) is 0 Å². The minimum absolute atomic E-state index is 0.101. The van der Waals surface area contributed by atoms with Crippen LogP contribution in [0.25, 0.3) is 0 Å². The number of carbonyl (C=O) groups excluding carboxylic acids is 2. The second-order valence-electron chi connectivity index (χ2n) is 5.75. The Kier molecular flexibility index (Phi) is 5.57. The summed E-state index contributed by atoms with van der Waals surface area (Å²) in [4.78, 5) is 23.4. The highest BCUT2D eigenvalue weighted by Crippen LogP contribution is 2.37. The van der Waals surface area contributed by atoms with Gasteiger partial charge >= 0.3 is 6.18 Å². The minimum Gasteiger partial charge on any atom is -0.482 e. The molecule has 28 heavy (non-hydrogen) atoms. The number of halogens is 5. The normalized spacial score (nSPS) is 13.2. The van der Waals surface area contributed by atoms with Crippen molar-refractivity contribution in [2.75, 3.05) is 29.1 Å². The van der Waals surface area contributed by atoms with Crippen LogP contribution in [-0.2, 0) is 15.8 Å². The lowest BCUT2D eigenvalue weighted by Crippen LogP contribution is -2.26. The van der Waals surface area contributed by atoms with Gasteiger partial charge in [-0.3, -0.25) is 9.59 Å². The molecule has 6 nitrogen and oxygen atoms in total. The molecule has 0 fully saturated rings. The predicted octanol–water partition coefficient (Wildman–Crippen LogP) is 4.39. The van der Waals surface area contributed by atoms with Gasteiger partial charge in [0.2, 0.25) is 5.91 Å². The molecule has 1 aliphatic heterocycles. The Hall–Kier alpha value is -2.65. The summed E-state index contributed by atoms with van der Waals surface area (Å²) in [5, 5.41) is 7.58. The summed E-state index contributed by atoms with van der Waals surface area (Å²) in [6, 6.07) is 5.97. The van der Waals surface area contributed by atoms with Crippen LogP contribution in [0.15, 0.2) is 30.3 Å². The van der Waals surface area contributed by atoms with E-state index in [9.17, 15) is 22.8 Å². The van der Waals surface area contributed by atoms with E-state index in [1.54, 1.807) is 0 Å². The Labute approximate surface area is 166 Å². The van der Waals surface area contributed by atoms with Crippen LogP contribution in [0.4, 0.5) is 30.2 Å². The van der Waals surface area contributed by atoms with Crippen LogP contribution in [0.5, 0.6) is 5.75 Å². The first-order valence-corrected chi connectivity index (χ1v) is 8.56. The van der Waals surface area contributed by atoms with Crippen LogP contribution in [0.3, 0.4) is 0 Å². The van der Waals surface area contributed by atoms with Gasteiger partial charge in [0.05, 0.1) is 34.2 Å². The molecular weight excluding hydrogens is 422 g/mol. The van der Waals surface area contributed by atoms with Crippen molar-refractivity contribution in [1.82, 2.24) is 0 Å². The van der Waals surface area contributed by atoms with E-state index in [0.29, 0.717) is 17.1 Å². The lowest BCUT2D eigenvalue weighted by molar-refractivity contribution is -0.137. The Morgan fingerprint density at radius 1 is 1.18 bits per heavy atom. The molecule has 2 aromatic rings. The SMILES string of the molecule is O=C1COc2cc(NCC(=O)Nc3ccc(Cl)cc3C(F)(F)F)c(Cl)cc2N1. The van der Waals surface area contributed by atoms with Gasteiger partial charge in [-0.2, -0.15) is 13.2 Å². The number of benzene rings is 2. The van der Waals surface area contributed by atoms with Crippen molar-refractivity contribution in [3.05, 3.63) is 45.9 Å². The molecule has 1 aliphatic rings. The third-order valence-electron chi connectivity index (χ3n) is 3.70. The smallest absolute Gasteiger partial charge is 0.418 e. The molecule has 11 heteroatoms. The van der Waals surface area contributed by atoms with Crippen molar-refractivity contribution in [2.45, 2.75) is 6.18 Å². The van der Waals surface area contributed by atoms with Crippen molar-refractivity contribution in [3.8, 4) is 5.75 Å². The zero-order valence-electron chi connectivity index (χ0n) is 13.9. The first-order valence-electron chi connectivity index (χ1n) is 7.80. The molecule has 1 heterocycles. The molecule has 2 amide bonds. The fourth-order valence-electron chi connectivity index (χ4n) is 2.47. The zero-order chi connectivity index (χ0) is 20.5. The van der Waals surface area contributed by atoms with Gasteiger partial charge in [0.25, 0.3) is 5.91 Å². The van der Waals surface area contributed by atoms with Crippen molar-refractivity contribution in [3.63, 3.8) is 0 Å². The van der Waals surface area contributed by atoms with Crippen LogP contribution < -0.4 is 20.7 Å². The molecule has 0 saturated heterocycles. The quantitative estimate of drug-likeness (QED) is 0.667. The van der Waals surface area contributed by atoms with E-state index in [2.05, 4.69) is 16.0 Å². The molecule has 0 aromatic heterocycles. The number of nitrogens with one attached hydrogen (secondary N) is 3. The molecule has 3 rings (SSSR count). The minimum atomic E-state index is -4.68. The standard InChI is InChI=1S/C17H12Cl2F3N3O3/c18-8-1-2-11(9(3-8)17(20,21)22)24-15(26)6-23-12-5-14-13(4-10(12)19)25-16(27)7-28-14/h1-5,23H,6-7H2,(H,24,26)(H,25,27). The molecule has 0 bridgehead atoms. The molecule has 0 atom stereocenters. The third-order valence-corrected chi connectivity index (χ3v) is 4.25. The maximum Gasteiger partial charge on any atom is 0.418 e. The van der Waals surface area contributed by atoms with Crippen LogP contribution >= 0.6 is 23.2 Å². The number of anilines is 3. The van der Waals surface area contributed by atoms with E-state index < -0.39 is 23.3 Å². The second kappa shape index (κ2) is 7.76. The lowest BCUT2D eigenvalue weighted by Gasteiger charge is -2.20. The maximum absolute atomic E-state index is 13.1. The van der Waals surface area contributed by atoms with E-state index >= 15 is 0 Å². The maximum atomic E-state index is 13.1. The number of amides is 2. The lowest BCUT2D eigenvalue weighted by atomic mass is 10.1. The van der Waals surface area contributed by atoms with Crippen LogP contribution in [-0.4, -0.2) is 25.0 Å². The van der Waals surface area contributed by atoms with Crippen molar-refractivity contribution < 1.29 is 27.5 Å². The first kappa shape index (κ1) is 20.1. The van der Waals surface area contributed by atoms with Gasteiger partial charge in [0.15, 0.2) is 6.61 Å². The van der Waals surface area contributed by atoms with Gasteiger partial charge in [-0.15, -0.1) is 0 Å². The van der Waals surface area contributed by atoms with E-state index in [-0.39, 0.29) is 29.1 Å². The number of alkyl halides is 3. The van der Waals surface area contributed by atoms with E-state index in [1.807, 2.05) is 0 Å². The molecule has 0 unspecified atom stereocenters. The molecule has 0 radical (unpaired) electrons.